The first-order valence-electron chi connectivity index (χ1n) is 20.3. The Balaban J connectivity index is 0.00000484. The van der Waals surface area contributed by atoms with Crippen LogP contribution in [0.5, 0.6) is 0 Å². The van der Waals surface area contributed by atoms with Crippen molar-refractivity contribution in [2.75, 3.05) is 0 Å². The standard InChI is InChI=1S/C53H50N4Si.Pt/c1-52(2,3)38-30-37(31-39(33-38)53(4,5)6)50-55-49-42(36-20-15-21-40(32-36)56-46-25-14-13-22-43(46)44-24-17-29-54-51(44)56)23-16-26-48(49)57(50)47-28-27-41(58(7,8)9)34-45(47)35-18-11-10-12-19-35;/h10-30,33-34H,1-9H3;/q-2;+2. The van der Waals surface area contributed by atoms with Crippen LogP contribution in [0.3, 0.4) is 0 Å². The van der Waals surface area contributed by atoms with Crippen molar-refractivity contribution in [2.45, 2.75) is 72.0 Å². The summed E-state index contributed by atoms with van der Waals surface area (Å²) in [5.41, 5.74) is 13.6. The number of benzene rings is 6. The molecule has 0 aliphatic heterocycles. The number of rotatable bonds is 6. The van der Waals surface area contributed by atoms with E-state index in [0.29, 0.717) is 0 Å². The first kappa shape index (κ1) is 40.4. The fourth-order valence-corrected chi connectivity index (χ4v) is 9.26. The van der Waals surface area contributed by atoms with E-state index in [1.54, 1.807) is 0 Å². The molecule has 3 aromatic heterocycles. The predicted molar refractivity (Wildman–Crippen MR) is 248 cm³/mol. The van der Waals surface area contributed by atoms with E-state index in [9.17, 15) is 0 Å². The zero-order chi connectivity index (χ0) is 40.6. The molecule has 0 radical (unpaired) electrons. The Labute approximate surface area is 364 Å². The SMILES string of the molecule is CC(C)(C)c1[c-]c(-c2nc3c(-c4[c-]c(-n5c6ccccc6c6cccnc65)ccc4)cccc3n2-c2ccc([Si](C)(C)C)cc2-c2ccccc2)cc(C(C)(C)C)c1.[Pt+2]. The number of hydrogen-bond donors (Lipinski definition) is 0. The van der Waals surface area contributed by atoms with Crippen LogP contribution in [-0.4, -0.2) is 27.2 Å². The maximum absolute atomic E-state index is 5.68. The van der Waals surface area contributed by atoms with E-state index in [-0.39, 0.29) is 31.9 Å². The molecular formula is C53H50N4PtSi. The Morgan fingerprint density at radius 2 is 1.29 bits per heavy atom. The van der Waals surface area contributed by atoms with E-state index < -0.39 is 8.07 Å². The second kappa shape index (κ2) is 15.0. The minimum absolute atomic E-state index is 0. The summed E-state index contributed by atoms with van der Waals surface area (Å²) >= 11 is 0. The third-order valence-corrected chi connectivity index (χ3v) is 13.4. The molecule has 0 fully saturated rings. The maximum atomic E-state index is 5.68. The van der Waals surface area contributed by atoms with Gasteiger partial charge in [0.1, 0.15) is 5.65 Å². The number of imidazole rings is 1. The van der Waals surface area contributed by atoms with Crippen LogP contribution < -0.4 is 5.19 Å². The molecule has 0 aliphatic rings. The van der Waals surface area contributed by atoms with Crippen molar-refractivity contribution >= 4 is 46.2 Å². The van der Waals surface area contributed by atoms with Gasteiger partial charge in [-0.2, -0.15) is 0 Å². The first-order valence-corrected chi connectivity index (χ1v) is 23.8. The van der Waals surface area contributed by atoms with E-state index in [0.717, 1.165) is 61.5 Å². The Morgan fingerprint density at radius 1 is 0.576 bits per heavy atom. The van der Waals surface area contributed by atoms with Gasteiger partial charge in [-0.3, -0.25) is 4.98 Å². The maximum Gasteiger partial charge on any atom is 2.00 e. The van der Waals surface area contributed by atoms with E-state index >= 15 is 0 Å². The van der Waals surface area contributed by atoms with E-state index in [4.69, 9.17) is 9.97 Å². The predicted octanol–water partition coefficient (Wildman–Crippen LogP) is 13.3. The summed E-state index contributed by atoms with van der Waals surface area (Å²) in [6, 6.07) is 56.0. The van der Waals surface area contributed by atoms with Crippen LogP contribution in [0.2, 0.25) is 19.6 Å². The third-order valence-electron chi connectivity index (χ3n) is 11.4. The Kier molecular flexibility index (Phi) is 10.3. The molecule has 296 valence electrons. The van der Waals surface area contributed by atoms with Crippen molar-refractivity contribution in [3.63, 3.8) is 0 Å². The largest absolute Gasteiger partial charge is 2.00 e. The molecule has 0 saturated heterocycles. The summed E-state index contributed by atoms with van der Waals surface area (Å²) in [7, 11) is -1.65. The molecule has 9 aromatic rings. The van der Waals surface area contributed by atoms with Crippen LogP contribution in [0, 0.1) is 12.1 Å². The zero-order valence-electron chi connectivity index (χ0n) is 35.4. The molecule has 0 N–H and O–H groups in total. The van der Waals surface area contributed by atoms with Crippen LogP contribution in [0.25, 0.3) is 78.0 Å². The van der Waals surface area contributed by atoms with Crippen LogP contribution in [0.1, 0.15) is 52.7 Å². The van der Waals surface area contributed by atoms with Crippen molar-refractivity contribution in [3.05, 3.63) is 163 Å². The molecule has 4 nitrogen and oxygen atoms in total. The Hall–Kier alpha value is -5.35. The molecule has 0 spiro atoms. The number of nitrogens with zero attached hydrogens (tertiary/aromatic N) is 4. The normalized spacial score (nSPS) is 12.4. The van der Waals surface area contributed by atoms with Crippen molar-refractivity contribution in [3.8, 4) is 45.0 Å². The van der Waals surface area contributed by atoms with Gasteiger partial charge in [-0.15, -0.1) is 64.7 Å². The van der Waals surface area contributed by atoms with Gasteiger partial charge in [0.2, 0.25) is 0 Å². The molecule has 6 heteroatoms. The summed E-state index contributed by atoms with van der Waals surface area (Å²) < 4.78 is 4.62. The molecular weight excluding hydrogens is 916 g/mol. The number of pyridine rings is 1. The van der Waals surface area contributed by atoms with Crippen molar-refractivity contribution in [1.29, 1.82) is 0 Å². The van der Waals surface area contributed by atoms with Crippen molar-refractivity contribution < 1.29 is 21.1 Å². The van der Waals surface area contributed by atoms with E-state index in [1.165, 1.54) is 32.8 Å². The topological polar surface area (TPSA) is 35.6 Å². The average molecular weight is 966 g/mol. The molecule has 0 aliphatic carbocycles. The first-order chi connectivity index (χ1) is 27.7. The zero-order valence-corrected chi connectivity index (χ0v) is 38.7. The molecule has 6 aromatic carbocycles. The molecule has 9 rings (SSSR count). The molecule has 0 amide bonds. The summed E-state index contributed by atoms with van der Waals surface area (Å²) in [5.74, 6) is 0.875. The quantitative estimate of drug-likeness (QED) is 0.123. The fourth-order valence-electron chi connectivity index (χ4n) is 8.10. The summed E-state index contributed by atoms with van der Waals surface area (Å²) in [4.78, 5) is 10.5. The van der Waals surface area contributed by atoms with Crippen LogP contribution in [0.15, 0.2) is 140 Å². The number of fused-ring (bicyclic) bond motifs is 4. The van der Waals surface area contributed by atoms with Crippen LogP contribution >= 0.6 is 0 Å². The van der Waals surface area contributed by atoms with E-state index in [1.807, 2.05) is 12.3 Å². The van der Waals surface area contributed by atoms with Gasteiger partial charge in [-0.25, -0.2) is 4.98 Å². The van der Waals surface area contributed by atoms with Gasteiger partial charge in [0.15, 0.2) is 0 Å². The molecule has 0 unspecified atom stereocenters. The second-order valence-electron chi connectivity index (χ2n) is 18.7. The number of aromatic nitrogens is 4. The van der Waals surface area contributed by atoms with Gasteiger partial charge >= 0.3 is 21.1 Å². The molecule has 0 bridgehead atoms. The molecule has 59 heavy (non-hydrogen) atoms. The summed E-state index contributed by atoms with van der Waals surface area (Å²) in [6.45, 7) is 20.9. The van der Waals surface area contributed by atoms with Crippen molar-refractivity contribution in [1.82, 2.24) is 19.1 Å². The van der Waals surface area contributed by atoms with E-state index in [2.05, 4.69) is 210 Å². The number of para-hydroxylation sites is 2. The monoisotopic (exact) mass is 965 g/mol. The average Bonchev–Trinajstić information content (AvgIpc) is 3.76. The van der Waals surface area contributed by atoms with Gasteiger partial charge in [0, 0.05) is 33.7 Å². The summed E-state index contributed by atoms with van der Waals surface area (Å²) in [6.07, 6.45) is 1.87. The smallest absolute Gasteiger partial charge is 0.333 e. The molecule has 3 heterocycles. The van der Waals surface area contributed by atoms with Gasteiger partial charge in [-0.05, 0) is 52.4 Å². The minimum atomic E-state index is -1.65. The summed E-state index contributed by atoms with van der Waals surface area (Å²) in [5, 5.41) is 3.72. The third kappa shape index (κ3) is 7.34. The Bertz CT molecular complexity index is 2920. The van der Waals surface area contributed by atoms with Crippen LogP contribution in [0.4, 0.5) is 0 Å². The van der Waals surface area contributed by atoms with Crippen molar-refractivity contribution in [2.24, 2.45) is 0 Å². The number of hydrogen-bond acceptors (Lipinski definition) is 2. The fraction of sp³-hybridized carbons (Fsp3) is 0.208. The molecule has 0 saturated carbocycles. The van der Waals surface area contributed by atoms with Gasteiger partial charge in [0.25, 0.3) is 0 Å². The minimum Gasteiger partial charge on any atom is -0.333 e. The van der Waals surface area contributed by atoms with Crippen LogP contribution in [-0.2, 0) is 31.9 Å². The van der Waals surface area contributed by atoms with Gasteiger partial charge in [-0.1, -0.05) is 145 Å². The second-order valence-corrected chi connectivity index (χ2v) is 23.7. The van der Waals surface area contributed by atoms with Gasteiger partial charge in [0.05, 0.1) is 24.9 Å². The molecule has 0 atom stereocenters. The van der Waals surface area contributed by atoms with Gasteiger partial charge < -0.3 is 9.13 Å². The Morgan fingerprint density at radius 3 is 2.03 bits per heavy atom.